The fourth-order valence-electron chi connectivity index (χ4n) is 1.18. The molecule has 13 heavy (non-hydrogen) atoms. The maximum Gasteiger partial charge on any atom is 0.00288 e. The number of rotatable bonds is 2. The molecule has 1 unspecified atom stereocenters. The van der Waals surface area contributed by atoms with Gasteiger partial charge in [-0.1, -0.05) is 50.6 Å². The maximum atomic E-state index is 4.34. The molecule has 1 rings (SSSR count). The van der Waals surface area contributed by atoms with Crippen LogP contribution in [0.5, 0.6) is 0 Å². The first kappa shape index (κ1) is 12.6. The van der Waals surface area contributed by atoms with Crippen molar-refractivity contribution < 1.29 is 0 Å². The van der Waals surface area contributed by atoms with E-state index in [1.54, 1.807) is 0 Å². The molecule has 1 aromatic rings. The van der Waals surface area contributed by atoms with E-state index in [1.165, 1.54) is 11.1 Å². The molecule has 0 aromatic heterocycles. The lowest BCUT2D eigenvalue weighted by molar-refractivity contribution is 0.949. The second-order valence-corrected chi connectivity index (χ2v) is 3.92. The largest absolute Gasteiger partial charge is 0.176 e. The molecule has 1 atom stereocenters. The fourth-order valence-corrected chi connectivity index (χ4v) is 1.39. The Morgan fingerprint density at radius 2 is 1.92 bits per heavy atom. The van der Waals surface area contributed by atoms with E-state index in [2.05, 4.69) is 50.7 Å². The third kappa shape index (κ3) is 5.75. The number of thiol groups is 1. The zero-order valence-corrected chi connectivity index (χ0v) is 9.94. The van der Waals surface area contributed by atoms with Gasteiger partial charge in [0.1, 0.15) is 0 Å². The Morgan fingerprint density at radius 1 is 1.31 bits per heavy atom. The molecule has 0 aliphatic rings. The van der Waals surface area contributed by atoms with Crippen molar-refractivity contribution in [1.29, 1.82) is 0 Å². The highest BCUT2D eigenvalue weighted by molar-refractivity contribution is 7.80. The van der Waals surface area contributed by atoms with Crippen LogP contribution in [0.1, 0.15) is 31.9 Å². The van der Waals surface area contributed by atoms with Crippen LogP contribution in [0.2, 0.25) is 0 Å². The predicted molar refractivity (Wildman–Crippen MR) is 64.7 cm³/mol. The van der Waals surface area contributed by atoms with Crippen LogP contribution in [-0.4, -0.2) is 5.25 Å². The average Bonchev–Trinajstić information content (AvgIpc) is 2.06. The zero-order chi connectivity index (χ0) is 10.3. The summed E-state index contributed by atoms with van der Waals surface area (Å²) >= 11 is 4.34. The second kappa shape index (κ2) is 7.02. The minimum absolute atomic E-state index is 0.455. The van der Waals surface area contributed by atoms with Gasteiger partial charge in [0.25, 0.3) is 0 Å². The Bertz CT molecular complexity index is 228. The molecule has 0 saturated heterocycles. The van der Waals surface area contributed by atoms with Crippen molar-refractivity contribution in [3.63, 3.8) is 0 Å². The van der Waals surface area contributed by atoms with Crippen LogP contribution < -0.4 is 0 Å². The molecule has 1 heteroatoms. The summed E-state index contributed by atoms with van der Waals surface area (Å²) in [7, 11) is 0. The molecule has 0 amide bonds. The summed E-state index contributed by atoms with van der Waals surface area (Å²) in [6.45, 7) is 8.23. The van der Waals surface area contributed by atoms with Gasteiger partial charge >= 0.3 is 0 Å². The molecule has 0 bridgehead atoms. The molecule has 0 heterocycles. The van der Waals surface area contributed by atoms with Crippen molar-refractivity contribution >= 4 is 12.6 Å². The summed E-state index contributed by atoms with van der Waals surface area (Å²) in [5.74, 6) is 0. The number of hydrogen-bond donors (Lipinski definition) is 1. The Balaban J connectivity index is 0.000000671. The highest BCUT2D eigenvalue weighted by Crippen LogP contribution is 2.08. The van der Waals surface area contributed by atoms with Gasteiger partial charge in [0.15, 0.2) is 0 Å². The van der Waals surface area contributed by atoms with Crippen LogP contribution in [0.15, 0.2) is 24.3 Å². The van der Waals surface area contributed by atoms with Gasteiger partial charge in [-0.05, 0) is 18.9 Å². The van der Waals surface area contributed by atoms with E-state index in [0.717, 1.165) is 6.42 Å². The first-order valence-electron chi connectivity index (χ1n) is 4.92. The van der Waals surface area contributed by atoms with Crippen molar-refractivity contribution in [3.8, 4) is 0 Å². The van der Waals surface area contributed by atoms with Gasteiger partial charge in [-0.3, -0.25) is 0 Å². The van der Waals surface area contributed by atoms with E-state index in [9.17, 15) is 0 Å². The standard InChI is InChI=1S/C10H14S.C2H6/c1-8-4-3-5-10(6-8)7-9(2)11;1-2/h3-6,9,11H,7H2,1-2H3;1-2H3. The highest BCUT2D eigenvalue weighted by Gasteiger charge is 1.96. The van der Waals surface area contributed by atoms with Gasteiger partial charge in [-0.15, -0.1) is 0 Å². The van der Waals surface area contributed by atoms with Crippen molar-refractivity contribution in [2.24, 2.45) is 0 Å². The zero-order valence-electron chi connectivity index (χ0n) is 9.04. The number of aryl methyl sites for hydroxylation is 1. The van der Waals surface area contributed by atoms with Gasteiger partial charge in [0, 0.05) is 5.25 Å². The molecule has 74 valence electrons. The normalized spacial score (nSPS) is 11.5. The van der Waals surface area contributed by atoms with Crippen LogP contribution in [-0.2, 0) is 6.42 Å². The van der Waals surface area contributed by atoms with Gasteiger partial charge in [0.05, 0.1) is 0 Å². The third-order valence-electron chi connectivity index (χ3n) is 1.61. The van der Waals surface area contributed by atoms with E-state index in [-0.39, 0.29) is 0 Å². The molecule has 0 saturated carbocycles. The monoisotopic (exact) mass is 196 g/mol. The van der Waals surface area contributed by atoms with Gasteiger partial charge in [0.2, 0.25) is 0 Å². The van der Waals surface area contributed by atoms with Crippen LogP contribution in [0, 0.1) is 6.92 Å². The Kier molecular flexibility index (Phi) is 6.79. The summed E-state index contributed by atoms with van der Waals surface area (Å²) in [4.78, 5) is 0. The molecule has 0 radical (unpaired) electrons. The lowest BCUT2D eigenvalue weighted by Crippen LogP contribution is -1.96. The van der Waals surface area contributed by atoms with E-state index in [0.29, 0.717) is 5.25 Å². The Hall–Kier alpha value is -0.430. The predicted octanol–water partition coefficient (Wildman–Crippen LogP) is 3.88. The molecular formula is C12H20S. The van der Waals surface area contributed by atoms with E-state index < -0.39 is 0 Å². The lowest BCUT2D eigenvalue weighted by Gasteiger charge is -2.04. The Morgan fingerprint density at radius 3 is 2.38 bits per heavy atom. The SMILES string of the molecule is CC.Cc1cccc(CC(C)S)c1. The fraction of sp³-hybridized carbons (Fsp3) is 0.500. The van der Waals surface area contributed by atoms with Crippen molar-refractivity contribution in [2.75, 3.05) is 0 Å². The minimum atomic E-state index is 0.455. The average molecular weight is 196 g/mol. The number of benzene rings is 1. The summed E-state index contributed by atoms with van der Waals surface area (Å²) in [5, 5.41) is 0.455. The number of hydrogen-bond acceptors (Lipinski definition) is 1. The quantitative estimate of drug-likeness (QED) is 0.682. The molecule has 0 fully saturated rings. The van der Waals surface area contributed by atoms with Gasteiger partial charge < -0.3 is 0 Å². The summed E-state index contributed by atoms with van der Waals surface area (Å²) in [6.07, 6.45) is 1.06. The van der Waals surface area contributed by atoms with Crippen LogP contribution in [0.3, 0.4) is 0 Å². The molecule has 1 aromatic carbocycles. The minimum Gasteiger partial charge on any atom is -0.176 e. The first-order valence-corrected chi connectivity index (χ1v) is 5.44. The summed E-state index contributed by atoms with van der Waals surface area (Å²) < 4.78 is 0. The first-order chi connectivity index (χ1) is 6.18. The smallest absolute Gasteiger partial charge is 0.00288 e. The summed E-state index contributed by atoms with van der Waals surface area (Å²) in [6, 6.07) is 8.58. The molecule has 0 aliphatic heterocycles. The van der Waals surface area contributed by atoms with E-state index in [4.69, 9.17) is 0 Å². The molecule has 0 spiro atoms. The molecule has 0 N–H and O–H groups in total. The molecular weight excluding hydrogens is 176 g/mol. The van der Waals surface area contributed by atoms with Crippen LogP contribution in [0.25, 0.3) is 0 Å². The van der Waals surface area contributed by atoms with E-state index in [1.807, 2.05) is 13.8 Å². The highest BCUT2D eigenvalue weighted by atomic mass is 32.1. The van der Waals surface area contributed by atoms with Gasteiger partial charge in [-0.25, -0.2) is 0 Å². The van der Waals surface area contributed by atoms with Gasteiger partial charge in [-0.2, -0.15) is 12.6 Å². The van der Waals surface area contributed by atoms with Crippen molar-refractivity contribution in [2.45, 2.75) is 39.4 Å². The summed E-state index contributed by atoms with van der Waals surface area (Å²) in [5.41, 5.74) is 2.71. The third-order valence-corrected chi connectivity index (χ3v) is 1.80. The topological polar surface area (TPSA) is 0 Å². The Labute approximate surface area is 87.8 Å². The molecule has 0 nitrogen and oxygen atoms in total. The van der Waals surface area contributed by atoms with Crippen LogP contribution >= 0.6 is 12.6 Å². The van der Waals surface area contributed by atoms with Crippen molar-refractivity contribution in [3.05, 3.63) is 35.4 Å². The molecule has 0 aliphatic carbocycles. The van der Waals surface area contributed by atoms with E-state index >= 15 is 0 Å². The van der Waals surface area contributed by atoms with Crippen molar-refractivity contribution in [1.82, 2.24) is 0 Å². The lowest BCUT2D eigenvalue weighted by atomic mass is 10.1. The van der Waals surface area contributed by atoms with Crippen LogP contribution in [0.4, 0.5) is 0 Å². The maximum absolute atomic E-state index is 4.34. The second-order valence-electron chi connectivity index (χ2n) is 3.04.